The normalized spacial score (nSPS) is 11.7. The van der Waals surface area contributed by atoms with Gasteiger partial charge in [0.1, 0.15) is 11.4 Å². The maximum absolute atomic E-state index is 12.5. The summed E-state index contributed by atoms with van der Waals surface area (Å²) in [5.41, 5.74) is 3.64. The number of aliphatic hydroxyl groups is 1. The van der Waals surface area contributed by atoms with Gasteiger partial charge in [0.15, 0.2) is 5.69 Å². The van der Waals surface area contributed by atoms with Crippen molar-refractivity contribution in [3.63, 3.8) is 0 Å². The Balaban J connectivity index is 1.83. The smallest absolute Gasteiger partial charge is 0.294 e. The molecule has 7 heteroatoms. The highest BCUT2D eigenvalue weighted by Gasteiger charge is 2.11. The van der Waals surface area contributed by atoms with Crippen molar-refractivity contribution in [1.29, 1.82) is 0 Å². The zero-order chi connectivity index (χ0) is 21.5. The van der Waals surface area contributed by atoms with Gasteiger partial charge in [0.2, 0.25) is 0 Å². The molecular weight excluding hydrogens is 380 g/mol. The minimum atomic E-state index is -0.274. The second-order valence-corrected chi connectivity index (χ2v) is 7.08. The topological polar surface area (TPSA) is 103 Å². The van der Waals surface area contributed by atoms with E-state index in [0.717, 1.165) is 11.1 Å². The predicted octanol–water partition coefficient (Wildman–Crippen LogP) is 4.86. The highest BCUT2D eigenvalue weighted by molar-refractivity contribution is 5.76. The molecule has 0 aliphatic heterocycles. The van der Waals surface area contributed by atoms with E-state index in [4.69, 9.17) is 5.11 Å². The molecule has 30 heavy (non-hydrogen) atoms. The van der Waals surface area contributed by atoms with Crippen molar-refractivity contribution in [1.82, 2.24) is 9.78 Å². The van der Waals surface area contributed by atoms with Crippen LogP contribution >= 0.6 is 0 Å². The standard InChI is InChI=1S/C23H26N4O3/c1-16-8-3-4-9-18(16)12-13-19-10-7-11-20(22(19)29)24-25-21-17(2)26-27(23(21)30)14-5-6-15-28/h3-4,7-13,26,28-29H,5-6,14-15H2,1-2H3. The van der Waals surface area contributed by atoms with Gasteiger partial charge in [-0.15, -0.1) is 10.2 Å². The summed E-state index contributed by atoms with van der Waals surface area (Å²) in [5, 5.41) is 30.6. The van der Waals surface area contributed by atoms with E-state index in [1.54, 1.807) is 25.1 Å². The number of aromatic amines is 1. The summed E-state index contributed by atoms with van der Waals surface area (Å²) in [7, 11) is 0. The molecule has 0 spiro atoms. The van der Waals surface area contributed by atoms with Crippen LogP contribution in [-0.2, 0) is 6.54 Å². The van der Waals surface area contributed by atoms with Crippen LogP contribution in [0.25, 0.3) is 12.2 Å². The van der Waals surface area contributed by atoms with Crippen molar-refractivity contribution in [3.8, 4) is 5.75 Å². The van der Waals surface area contributed by atoms with Gasteiger partial charge in [-0.25, -0.2) is 0 Å². The molecule has 3 aromatic rings. The largest absolute Gasteiger partial charge is 0.505 e. The van der Waals surface area contributed by atoms with Crippen molar-refractivity contribution in [3.05, 3.63) is 75.2 Å². The van der Waals surface area contributed by atoms with Gasteiger partial charge in [0.05, 0.1) is 5.69 Å². The number of hydrogen-bond acceptors (Lipinski definition) is 5. The van der Waals surface area contributed by atoms with Gasteiger partial charge in [-0.1, -0.05) is 48.6 Å². The van der Waals surface area contributed by atoms with Gasteiger partial charge in [-0.05, 0) is 43.9 Å². The first kappa shape index (κ1) is 21.3. The van der Waals surface area contributed by atoms with Gasteiger partial charge in [-0.3, -0.25) is 14.6 Å². The average molecular weight is 406 g/mol. The first-order valence-corrected chi connectivity index (χ1v) is 9.89. The van der Waals surface area contributed by atoms with Crippen LogP contribution in [0.4, 0.5) is 11.4 Å². The van der Waals surface area contributed by atoms with Crippen molar-refractivity contribution in [2.24, 2.45) is 10.2 Å². The van der Waals surface area contributed by atoms with Crippen LogP contribution in [0.1, 0.15) is 35.2 Å². The number of aliphatic hydroxyl groups excluding tert-OH is 1. The highest BCUT2D eigenvalue weighted by atomic mass is 16.3. The van der Waals surface area contributed by atoms with Gasteiger partial charge in [-0.2, -0.15) is 0 Å². The van der Waals surface area contributed by atoms with Crippen LogP contribution < -0.4 is 5.56 Å². The Morgan fingerprint density at radius 2 is 1.73 bits per heavy atom. The van der Waals surface area contributed by atoms with E-state index in [0.29, 0.717) is 30.6 Å². The molecule has 7 nitrogen and oxygen atoms in total. The molecule has 0 saturated carbocycles. The molecule has 0 unspecified atom stereocenters. The number of azo groups is 1. The Morgan fingerprint density at radius 3 is 2.50 bits per heavy atom. The number of aromatic hydroxyl groups is 1. The SMILES string of the molecule is Cc1ccccc1C=Cc1cccc(N=Nc2c(C)[nH]n(CCCCO)c2=O)c1O. The van der Waals surface area contributed by atoms with Crippen LogP contribution in [-0.4, -0.2) is 26.6 Å². The lowest BCUT2D eigenvalue weighted by Gasteiger charge is -2.03. The van der Waals surface area contributed by atoms with Crippen LogP contribution in [0.2, 0.25) is 0 Å². The Bertz CT molecular complexity index is 1130. The van der Waals surface area contributed by atoms with E-state index < -0.39 is 0 Å². The molecule has 0 saturated heterocycles. The lowest BCUT2D eigenvalue weighted by Crippen LogP contribution is -2.16. The lowest BCUT2D eigenvalue weighted by atomic mass is 10.1. The second-order valence-electron chi connectivity index (χ2n) is 7.08. The maximum atomic E-state index is 12.5. The number of hydrogen-bond donors (Lipinski definition) is 3. The molecule has 3 N–H and O–H groups in total. The van der Waals surface area contributed by atoms with Gasteiger partial charge < -0.3 is 10.2 Å². The Morgan fingerprint density at radius 1 is 1.00 bits per heavy atom. The van der Waals surface area contributed by atoms with Gasteiger partial charge >= 0.3 is 0 Å². The molecule has 0 atom stereocenters. The molecule has 1 heterocycles. The number of para-hydroxylation sites is 1. The molecule has 0 radical (unpaired) electrons. The van der Waals surface area contributed by atoms with Crippen molar-refractivity contribution in [2.45, 2.75) is 33.2 Å². The number of H-pyrrole nitrogens is 1. The molecule has 0 amide bonds. The first-order chi connectivity index (χ1) is 14.5. The number of benzene rings is 2. The zero-order valence-electron chi connectivity index (χ0n) is 17.2. The molecular formula is C23H26N4O3. The van der Waals surface area contributed by atoms with E-state index in [9.17, 15) is 9.90 Å². The lowest BCUT2D eigenvalue weighted by molar-refractivity contribution is 0.280. The van der Waals surface area contributed by atoms with Gasteiger partial charge in [0, 0.05) is 18.7 Å². The summed E-state index contributed by atoms with van der Waals surface area (Å²) < 4.78 is 1.46. The number of aryl methyl sites for hydroxylation is 3. The summed E-state index contributed by atoms with van der Waals surface area (Å²) in [5.74, 6) is 0.00236. The summed E-state index contributed by atoms with van der Waals surface area (Å²) in [6.07, 6.45) is 5.07. The Kier molecular flexibility index (Phi) is 6.98. The Hall–Kier alpha value is -3.45. The van der Waals surface area contributed by atoms with Crippen molar-refractivity contribution >= 4 is 23.5 Å². The predicted molar refractivity (Wildman–Crippen MR) is 118 cm³/mol. The van der Waals surface area contributed by atoms with E-state index >= 15 is 0 Å². The van der Waals surface area contributed by atoms with Crippen molar-refractivity contribution < 1.29 is 10.2 Å². The fraction of sp³-hybridized carbons (Fsp3) is 0.261. The van der Waals surface area contributed by atoms with Crippen LogP contribution in [0.5, 0.6) is 5.75 Å². The molecule has 0 fully saturated rings. The minimum absolute atomic E-state index is 0.00236. The third-order valence-corrected chi connectivity index (χ3v) is 4.83. The number of nitrogens with zero attached hydrogens (tertiary/aromatic N) is 3. The summed E-state index contributed by atoms with van der Waals surface area (Å²) in [6.45, 7) is 4.34. The molecule has 2 aromatic carbocycles. The third kappa shape index (κ3) is 4.93. The fourth-order valence-corrected chi connectivity index (χ4v) is 3.07. The average Bonchev–Trinajstić information content (AvgIpc) is 3.00. The number of rotatable bonds is 8. The van der Waals surface area contributed by atoms with Crippen LogP contribution in [0.15, 0.2) is 57.5 Å². The van der Waals surface area contributed by atoms with E-state index in [1.165, 1.54) is 4.68 Å². The molecule has 0 aliphatic rings. The Labute approximate surface area is 175 Å². The van der Waals surface area contributed by atoms with Gasteiger partial charge in [0.25, 0.3) is 5.56 Å². The molecule has 156 valence electrons. The number of aromatic nitrogens is 2. The van der Waals surface area contributed by atoms with Crippen LogP contribution in [0, 0.1) is 13.8 Å². The number of nitrogens with one attached hydrogen (secondary N) is 1. The quantitative estimate of drug-likeness (QED) is 0.283. The monoisotopic (exact) mass is 406 g/mol. The first-order valence-electron chi connectivity index (χ1n) is 9.89. The minimum Gasteiger partial charge on any atom is -0.505 e. The molecule has 1 aromatic heterocycles. The summed E-state index contributed by atoms with van der Waals surface area (Å²) in [4.78, 5) is 12.5. The second kappa shape index (κ2) is 9.84. The third-order valence-electron chi connectivity index (χ3n) is 4.83. The fourth-order valence-electron chi connectivity index (χ4n) is 3.07. The van der Waals surface area contributed by atoms with E-state index in [1.807, 2.05) is 43.3 Å². The molecule has 0 bridgehead atoms. The summed E-state index contributed by atoms with van der Waals surface area (Å²) >= 11 is 0. The highest BCUT2D eigenvalue weighted by Crippen LogP contribution is 2.32. The van der Waals surface area contributed by atoms with E-state index in [-0.39, 0.29) is 29.3 Å². The number of phenols is 1. The van der Waals surface area contributed by atoms with Crippen molar-refractivity contribution in [2.75, 3.05) is 6.61 Å². The van der Waals surface area contributed by atoms with Crippen LogP contribution in [0.3, 0.4) is 0 Å². The number of phenolic OH excluding ortho intramolecular Hbond substituents is 1. The number of unbranched alkanes of at least 4 members (excludes halogenated alkanes) is 1. The molecule has 0 aliphatic carbocycles. The maximum Gasteiger partial charge on any atom is 0.294 e. The molecule has 3 rings (SSSR count). The zero-order valence-corrected chi connectivity index (χ0v) is 17.2. The summed E-state index contributed by atoms with van der Waals surface area (Å²) in [6, 6.07) is 13.2. The van der Waals surface area contributed by atoms with E-state index in [2.05, 4.69) is 15.3 Å².